The van der Waals surface area contributed by atoms with Gasteiger partial charge in [-0.05, 0) is 66.3 Å². The number of nitriles is 1. The van der Waals surface area contributed by atoms with E-state index in [1.54, 1.807) is 6.92 Å². The predicted octanol–water partition coefficient (Wildman–Crippen LogP) is 1.70. The molecule has 0 saturated carbocycles. The lowest BCUT2D eigenvalue weighted by Crippen LogP contribution is -2.60. The van der Waals surface area contributed by atoms with E-state index < -0.39 is 36.6 Å². The van der Waals surface area contributed by atoms with Gasteiger partial charge in [-0.25, -0.2) is 0 Å². The quantitative estimate of drug-likeness (QED) is 0.351. The van der Waals surface area contributed by atoms with E-state index in [0.29, 0.717) is 5.57 Å². The Hall–Kier alpha value is -3.00. The molecule has 0 radical (unpaired) electrons. The molecule has 2 heterocycles. The second kappa shape index (κ2) is 11.4. The Morgan fingerprint density at radius 3 is 2.47 bits per heavy atom. The van der Waals surface area contributed by atoms with E-state index in [9.17, 15) is 25.4 Å². The lowest BCUT2D eigenvalue weighted by Gasteiger charge is -2.39. The molecule has 9 nitrogen and oxygen atoms in total. The second-order valence-corrected chi connectivity index (χ2v) is 9.37. The average Bonchev–Trinajstić information content (AvgIpc) is 2.91. The zero-order valence-corrected chi connectivity index (χ0v) is 20.6. The van der Waals surface area contributed by atoms with Gasteiger partial charge >= 0.3 is 0 Å². The van der Waals surface area contributed by atoms with E-state index in [-0.39, 0.29) is 12.1 Å². The van der Waals surface area contributed by atoms with E-state index in [4.69, 9.17) is 9.47 Å². The minimum absolute atomic E-state index is 0.0616. The van der Waals surface area contributed by atoms with Crippen LogP contribution in [-0.2, 0) is 14.3 Å². The number of aliphatic hydroxyl groups excluding tert-OH is 3. The molecule has 1 amide bonds. The van der Waals surface area contributed by atoms with Gasteiger partial charge in [0.15, 0.2) is 6.29 Å². The molecule has 0 bridgehead atoms. The number of carbonyl (C=O) groups excluding carboxylic acids is 1. The van der Waals surface area contributed by atoms with Gasteiger partial charge in [0.05, 0.1) is 0 Å². The maximum atomic E-state index is 12.8. The summed E-state index contributed by atoms with van der Waals surface area (Å²) in [6.45, 7) is 3.68. The second-order valence-electron chi connectivity index (χ2n) is 9.37. The summed E-state index contributed by atoms with van der Waals surface area (Å²) in [4.78, 5) is 15.2. The minimum atomic E-state index is -1.49. The van der Waals surface area contributed by atoms with Gasteiger partial charge in [-0.1, -0.05) is 18.2 Å². The van der Waals surface area contributed by atoms with E-state index >= 15 is 0 Å². The van der Waals surface area contributed by atoms with Crippen LogP contribution in [0.15, 0.2) is 42.0 Å². The zero-order valence-electron chi connectivity index (χ0n) is 20.6. The van der Waals surface area contributed by atoms with Crippen LogP contribution in [0.25, 0.3) is 16.3 Å². The number of amides is 1. The fraction of sp³-hybridized carbons (Fsp3) is 0.481. The normalized spacial score (nSPS) is 27.3. The first-order valence-electron chi connectivity index (χ1n) is 12.2. The molecule has 0 aliphatic carbocycles. The van der Waals surface area contributed by atoms with E-state index in [1.807, 2.05) is 24.3 Å². The Labute approximate surface area is 210 Å². The molecule has 2 aliphatic heterocycles. The van der Waals surface area contributed by atoms with Crippen LogP contribution in [0.2, 0.25) is 0 Å². The number of allylic oxidation sites excluding steroid dienone is 1. The van der Waals surface area contributed by atoms with Crippen molar-refractivity contribution in [2.45, 2.75) is 56.9 Å². The number of fused-ring (bicyclic) bond motifs is 1. The number of rotatable bonds is 6. The number of carbonyl (C=O) groups is 1. The number of piperidine rings is 1. The van der Waals surface area contributed by atoms with Gasteiger partial charge in [-0.3, -0.25) is 4.79 Å². The Kier molecular flexibility index (Phi) is 8.24. The highest BCUT2D eigenvalue weighted by atomic mass is 16.7. The number of anilines is 1. The molecule has 192 valence electrons. The SMILES string of the molecule is COC1OC(CNC(=O)C(C#N)=C(C)c2ccc3cc(N4CCCCC4)ccc3c2)C(O)C(O)C1O. The fourth-order valence-corrected chi connectivity index (χ4v) is 4.83. The lowest BCUT2D eigenvalue weighted by molar-refractivity contribution is -0.288. The molecule has 9 heteroatoms. The maximum Gasteiger partial charge on any atom is 0.262 e. The van der Waals surface area contributed by atoms with Gasteiger partial charge in [0.25, 0.3) is 5.91 Å². The molecule has 4 rings (SSSR count). The van der Waals surface area contributed by atoms with Crippen molar-refractivity contribution in [3.63, 3.8) is 0 Å². The van der Waals surface area contributed by atoms with Gasteiger partial charge in [0, 0.05) is 32.4 Å². The topological polar surface area (TPSA) is 135 Å². The number of hydrogen-bond acceptors (Lipinski definition) is 8. The summed E-state index contributed by atoms with van der Waals surface area (Å²) in [7, 11) is 1.30. The molecule has 36 heavy (non-hydrogen) atoms. The minimum Gasteiger partial charge on any atom is -0.388 e. The first-order valence-corrected chi connectivity index (χ1v) is 12.2. The van der Waals surface area contributed by atoms with Gasteiger partial charge in [-0.2, -0.15) is 5.26 Å². The number of nitrogens with one attached hydrogen (secondary N) is 1. The molecule has 0 spiro atoms. The number of ether oxygens (including phenoxy) is 2. The summed E-state index contributed by atoms with van der Waals surface area (Å²) in [5.41, 5.74) is 2.42. The first kappa shape index (κ1) is 26.1. The van der Waals surface area contributed by atoms with Crippen molar-refractivity contribution in [2.75, 3.05) is 31.6 Å². The Morgan fingerprint density at radius 2 is 1.78 bits per heavy atom. The number of hydrogen-bond donors (Lipinski definition) is 4. The van der Waals surface area contributed by atoms with Gasteiger partial charge < -0.3 is 35.0 Å². The van der Waals surface area contributed by atoms with Crippen LogP contribution < -0.4 is 10.2 Å². The number of benzene rings is 2. The van der Waals surface area contributed by atoms with Crippen LogP contribution in [0.4, 0.5) is 5.69 Å². The van der Waals surface area contributed by atoms with Gasteiger partial charge in [-0.15, -0.1) is 0 Å². The van der Waals surface area contributed by atoms with Crippen LogP contribution in [0, 0.1) is 11.3 Å². The summed E-state index contributed by atoms with van der Waals surface area (Å²) < 4.78 is 10.4. The summed E-state index contributed by atoms with van der Waals surface area (Å²) in [6.07, 6.45) is -2.82. The highest BCUT2D eigenvalue weighted by molar-refractivity contribution is 6.05. The Bertz CT molecular complexity index is 1170. The molecular formula is C27H33N3O6. The van der Waals surface area contributed by atoms with Crippen molar-refractivity contribution in [2.24, 2.45) is 0 Å². The van der Waals surface area contributed by atoms with Crippen LogP contribution >= 0.6 is 0 Å². The smallest absolute Gasteiger partial charge is 0.262 e. The molecule has 2 aromatic carbocycles. The Balaban J connectivity index is 1.49. The summed E-state index contributed by atoms with van der Waals surface area (Å²) in [6, 6.07) is 14.2. The van der Waals surface area contributed by atoms with Crippen molar-refractivity contribution in [3.8, 4) is 6.07 Å². The van der Waals surface area contributed by atoms with Crippen molar-refractivity contribution in [1.29, 1.82) is 5.26 Å². The number of nitrogens with zero attached hydrogens (tertiary/aromatic N) is 2. The monoisotopic (exact) mass is 495 g/mol. The van der Waals surface area contributed by atoms with E-state index in [1.165, 1.54) is 32.1 Å². The molecule has 2 fully saturated rings. The third-order valence-corrected chi connectivity index (χ3v) is 7.06. The molecule has 2 aliphatic rings. The summed E-state index contributed by atoms with van der Waals surface area (Å²) >= 11 is 0. The Morgan fingerprint density at radius 1 is 1.08 bits per heavy atom. The van der Waals surface area contributed by atoms with Gasteiger partial charge in [0.2, 0.25) is 0 Å². The van der Waals surface area contributed by atoms with E-state index in [0.717, 1.165) is 29.4 Å². The maximum absolute atomic E-state index is 12.8. The van der Waals surface area contributed by atoms with Crippen LogP contribution in [0.3, 0.4) is 0 Å². The average molecular weight is 496 g/mol. The number of aliphatic hydroxyl groups is 3. The standard InChI is InChI=1S/C27H33N3O6/c1-16(17-6-7-19-13-20(9-8-18(19)12-17)30-10-4-3-5-11-30)21(14-28)26(34)29-15-22-23(31)24(32)25(33)27(35-2)36-22/h6-9,12-13,22-25,27,31-33H,3-5,10-11,15H2,1-2H3,(H,29,34). The molecule has 4 N–H and O–H groups in total. The highest BCUT2D eigenvalue weighted by Crippen LogP contribution is 2.28. The molecule has 5 atom stereocenters. The van der Waals surface area contributed by atoms with E-state index in [2.05, 4.69) is 28.4 Å². The number of methoxy groups -OCH3 is 1. The lowest BCUT2D eigenvalue weighted by atomic mass is 9.97. The van der Waals surface area contributed by atoms with Crippen LogP contribution in [-0.4, -0.2) is 78.7 Å². The van der Waals surface area contributed by atoms with Crippen molar-refractivity contribution >= 4 is 27.9 Å². The zero-order chi connectivity index (χ0) is 25.8. The van der Waals surface area contributed by atoms with Crippen LogP contribution in [0.5, 0.6) is 0 Å². The summed E-state index contributed by atoms with van der Waals surface area (Å²) in [5.74, 6) is -0.624. The largest absolute Gasteiger partial charge is 0.388 e. The molecule has 2 aromatic rings. The third kappa shape index (κ3) is 5.38. The molecular weight excluding hydrogens is 462 g/mol. The predicted molar refractivity (Wildman–Crippen MR) is 135 cm³/mol. The van der Waals surface area contributed by atoms with Crippen LogP contribution in [0.1, 0.15) is 31.7 Å². The molecule has 0 aromatic heterocycles. The van der Waals surface area contributed by atoms with Crippen molar-refractivity contribution < 1.29 is 29.6 Å². The van der Waals surface area contributed by atoms with Crippen molar-refractivity contribution in [1.82, 2.24) is 5.32 Å². The molecule has 5 unspecified atom stereocenters. The first-order chi connectivity index (χ1) is 17.3. The third-order valence-electron chi connectivity index (χ3n) is 7.06. The highest BCUT2D eigenvalue weighted by Gasteiger charge is 2.44. The summed E-state index contributed by atoms with van der Waals surface area (Å²) in [5, 5.41) is 44.5. The van der Waals surface area contributed by atoms with Crippen molar-refractivity contribution in [3.05, 3.63) is 47.5 Å². The molecule has 2 saturated heterocycles. The van der Waals surface area contributed by atoms with Gasteiger partial charge in [0.1, 0.15) is 36.1 Å². The fourth-order valence-electron chi connectivity index (χ4n) is 4.83.